The summed E-state index contributed by atoms with van der Waals surface area (Å²) in [6.07, 6.45) is 1.24. The van der Waals surface area contributed by atoms with Crippen LogP contribution < -0.4 is 29.3 Å². The van der Waals surface area contributed by atoms with Crippen LogP contribution in [0.25, 0.3) is 11.0 Å². The second-order valence-electron chi connectivity index (χ2n) is 8.51. The Morgan fingerprint density at radius 2 is 1.94 bits per heavy atom. The number of anilines is 2. The van der Waals surface area contributed by atoms with Gasteiger partial charge in [-0.3, -0.25) is 9.88 Å². The van der Waals surface area contributed by atoms with E-state index < -0.39 is 0 Å². The molecule has 176 valence electrons. The predicted molar refractivity (Wildman–Crippen MR) is 125 cm³/mol. The van der Waals surface area contributed by atoms with Gasteiger partial charge in [-0.05, 0) is 24.3 Å². The maximum absolute atomic E-state index is 12.5. The molecule has 3 aliphatic heterocycles. The zero-order chi connectivity index (χ0) is 23.1. The lowest BCUT2D eigenvalue weighted by molar-refractivity contribution is 0.137. The Bertz CT molecular complexity index is 1230. The molecule has 1 unspecified atom stereocenters. The number of pyridine rings is 2. The van der Waals surface area contributed by atoms with E-state index in [1.165, 1.54) is 0 Å². The summed E-state index contributed by atoms with van der Waals surface area (Å²) in [6.45, 7) is 3.79. The molecule has 6 rings (SSSR count). The summed E-state index contributed by atoms with van der Waals surface area (Å²) in [4.78, 5) is 25.3. The number of nitrogens with zero attached hydrogens (tertiary/aromatic N) is 4. The quantitative estimate of drug-likeness (QED) is 0.590. The first kappa shape index (κ1) is 20.8. The molecule has 3 aromatic rings. The lowest BCUT2D eigenvalue weighted by Gasteiger charge is -2.41. The number of amides is 1. The van der Waals surface area contributed by atoms with Crippen molar-refractivity contribution in [2.24, 2.45) is 0 Å². The van der Waals surface area contributed by atoms with Crippen molar-refractivity contribution in [2.75, 3.05) is 56.3 Å². The van der Waals surface area contributed by atoms with Crippen LogP contribution in [0.15, 0.2) is 42.6 Å². The molecule has 1 amide bonds. The molecule has 34 heavy (non-hydrogen) atoms. The van der Waals surface area contributed by atoms with Crippen molar-refractivity contribution < 1.29 is 23.7 Å². The molecule has 2 aromatic heterocycles. The minimum atomic E-state index is -0.345. The average Bonchev–Trinajstić information content (AvgIpc) is 3.22. The number of carbonyl (C=O) groups excluding carboxylic acids is 1. The second-order valence-corrected chi connectivity index (χ2v) is 8.51. The standard InChI is InChI=1S/C24H25N5O5/c1-31-22-5-3-18-23(27-22)19(6-7-25-18)28-12-15(13-28)26-11-17-14-29(24(30)34-17)16-2-4-20-21(10-16)33-9-8-32-20/h2-7,10,15,17,26H,8-9,11-14H2,1H3. The third-order valence-corrected chi connectivity index (χ3v) is 6.31. The summed E-state index contributed by atoms with van der Waals surface area (Å²) in [5.41, 5.74) is 3.46. The van der Waals surface area contributed by atoms with E-state index in [-0.39, 0.29) is 12.2 Å². The van der Waals surface area contributed by atoms with E-state index in [1.807, 2.05) is 36.4 Å². The number of methoxy groups -OCH3 is 1. The highest BCUT2D eigenvalue weighted by Crippen LogP contribution is 2.35. The number of hydrogen-bond acceptors (Lipinski definition) is 9. The number of cyclic esters (lactones) is 1. The van der Waals surface area contributed by atoms with E-state index in [4.69, 9.17) is 18.9 Å². The highest BCUT2D eigenvalue weighted by atomic mass is 16.6. The third kappa shape index (κ3) is 3.79. The van der Waals surface area contributed by atoms with Gasteiger partial charge in [-0.25, -0.2) is 9.78 Å². The Morgan fingerprint density at radius 1 is 1.09 bits per heavy atom. The Hall–Kier alpha value is -3.79. The van der Waals surface area contributed by atoms with E-state index in [1.54, 1.807) is 18.2 Å². The summed E-state index contributed by atoms with van der Waals surface area (Å²) in [7, 11) is 1.61. The van der Waals surface area contributed by atoms with Gasteiger partial charge >= 0.3 is 6.09 Å². The van der Waals surface area contributed by atoms with Crippen molar-refractivity contribution >= 4 is 28.5 Å². The van der Waals surface area contributed by atoms with Crippen LogP contribution in [0.2, 0.25) is 0 Å². The van der Waals surface area contributed by atoms with Gasteiger partial charge in [-0.1, -0.05) is 0 Å². The van der Waals surface area contributed by atoms with Crippen molar-refractivity contribution in [2.45, 2.75) is 12.1 Å². The van der Waals surface area contributed by atoms with Gasteiger partial charge in [0.2, 0.25) is 5.88 Å². The Balaban J connectivity index is 1.05. The average molecular weight is 463 g/mol. The molecular formula is C24H25N5O5. The molecule has 10 nitrogen and oxygen atoms in total. The SMILES string of the molecule is COc1ccc2nccc(N3CC(NCC4CN(c5ccc6c(c5)OCCO6)C(=O)O4)C3)c2n1. The minimum absolute atomic E-state index is 0.220. The van der Waals surface area contributed by atoms with Crippen molar-refractivity contribution in [1.82, 2.24) is 15.3 Å². The van der Waals surface area contributed by atoms with Crippen LogP contribution in [0, 0.1) is 0 Å². The molecule has 5 heterocycles. The van der Waals surface area contributed by atoms with Gasteiger partial charge in [-0.15, -0.1) is 0 Å². The van der Waals surface area contributed by atoms with Gasteiger partial charge in [0.25, 0.3) is 0 Å². The number of carbonyl (C=O) groups is 1. The number of fused-ring (bicyclic) bond motifs is 2. The zero-order valence-electron chi connectivity index (χ0n) is 18.8. The molecule has 0 aliphatic carbocycles. The van der Waals surface area contributed by atoms with E-state index in [9.17, 15) is 4.79 Å². The summed E-state index contributed by atoms with van der Waals surface area (Å²) in [5, 5.41) is 3.52. The molecule has 0 radical (unpaired) electrons. The number of nitrogens with one attached hydrogen (secondary N) is 1. The molecule has 2 saturated heterocycles. The summed E-state index contributed by atoms with van der Waals surface area (Å²) >= 11 is 0. The minimum Gasteiger partial charge on any atom is -0.486 e. The number of ether oxygens (including phenoxy) is 4. The molecule has 0 saturated carbocycles. The van der Waals surface area contributed by atoms with Gasteiger partial charge in [0.05, 0.1) is 30.5 Å². The molecule has 1 aromatic carbocycles. The third-order valence-electron chi connectivity index (χ3n) is 6.31. The highest BCUT2D eigenvalue weighted by Gasteiger charge is 2.35. The smallest absolute Gasteiger partial charge is 0.414 e. The van der Waals surface area contributed by atoms with Crippen molar-refractivity contribution in [3.63, 3.8) is 0 Å². The molecule has 2 fully saturated rings. The Morgan fingerprint density at radius 3 is 2.79 bits per heavy atom. The lowest BCUT2D eigenvalue weighted by atomic mass is 10.1. The van der Waals surface area contributed by atoms with Gasteiger partial charge in [0, 0.05) is 44.0 Å². The Labute approximate surface area is 196 Å². The first-order valence-electron chi connectivity index (χ1n) is 11.3. The van der Waals surface area contributed by atoms with Crippen molar-refractivity contribution in [3.05, 3.63) is 42.6 Å². The molecule has 0 spiro atoms. The summed E-state index contributed by atoms with van der Waals surface area (Å²) < 4.78 is 22.1. The van der Waals surface area contributed by atoms with Gasteiger partial charge in [0.15, 0.2) is 11.5 Å². The molecule has 1 N–H and O–H groups in total. The second kappa shape index (κ2) is 8.53. The summed E-state index contributed by atoms with van der Waals surface area (Å²) in [5.74, 6) is 1.93. The molecule has 1 atom stereocenters. The van der Waals surface area contributed by atoms with Gasteiger partial charge < -0.3 is 29.2 Å². The normalized spacial score (nSPS) is 19.8. The van der Waals surface area contributed by atoms with Crippen LogP contribution in [0.3, 0.4) is 0 Å². The van der Waals surface area contributed by atoms with Crippen LogP contribution in [0.4, 0.5) is 16.2 Å². The fourth-order valence-corrected chi connectivity index (χ4v) is 4.50. The zero-order valence-corrected chi connectivity index (χ0v) is 18.8. The van der Waals surface area contributed by atoms with E-state index >= 15 is 0 Å². The predicted octanol–water partition coefficient (Wildman–Crippen LogP) is 2.21. The first-order valence-corrected chi connectivity index (χ1v) is 11.3. The Kier molecular flexibility index (Phi) is 5.21. The fourth-order valence-electron chi connectivity index (χ4n) is 4.50. The monoisotopic (exact) mass is 463 g/mol. The van der Waals surface area contributed by atoms with Gasteiger partial charge in [0.1, 0.15) is 24.8 Å². The number of rotatable bonds is 6. The fraction of sp³-hybridized carbons (Fsp3) is 0.375. The first-order chi connectivity index (χ1) is 16.7. The maximum Gasteiger partial charge on any atom is 0.414 e. The van der Waals surface area contributed by atoms with Crippen LogP contribution in [0.1, 0.15) is 0 Å². The van der Waals surface area contributed by atoms with Crippen molar-refractivity contribution in [1.29, 1.82) is 0 Å². The van der Waals surface area contributed by atoms with Crippen LogP contribution >= 0.6 is 0 Å². The molecular weight excluding hydrogens is 438 g/mol. The largest absolute Gasteiger partial charge is 0.486 e. The number of benzene rings is 1. The van der Waals surface area contributed by atoms with Crippen LogP contribution in [-0.2, 0) is 4.74 Å². The van der Waals surface area contributed by atoms with Crippen LogP contribution in [-0.4, -0.2) is 74.7 Å². The van der Waals surface area contributed by atoms with Gasteiger partial charge in [-0.2, -0.15) is 0 Å². The number of hydrogen-bond donors (Lipinski definition) is 1. The maximum atomic E-state index is 12.5. The topological polar surface area (TPSA) is 98.3 Å². The van der Waals surface area contributed by atoms with E-state index in [0.29, 0.717) is 49.7 Å². The van der Waals surface area contributed by atoms with E-state index in [0.717, 1.165) is 35.5 Å². The number of aromatic nitrogens is 2. The highest BCUT2D eigenvalue weighted by molar-refractivity contribution is 5.90. The molecule has 3 aliphatic rings. The molecule has 10 heteroatoms. The molecule has 0 bridgehead atoms. The summed E-state index contributed by atoms with van der Waals surface area (Å²) in [6, 6.07) is 11.5. The van der Waals surface area contributed by atoms with Crippen LogP contribution in [0.5, 0.6) is 17.4 Å². The lowest BCUT2D eigenvalue weighted by Crippen LogP contribution is -2.59. The van der Waals surface area contributed by atoms with Crippen molar-refractivity contribution in [3.8, 4) is 17.4 Å². The van der Waals surface area contributed by atoms with E-state index in [2.05, 4.69) is 20.2 Å².